The average Bonchev–Trinajstić information content (AvgIpc) is 3.12. The number of esters is 1. The van der Waals surface area contributed by atoms with E-state index in [2.05, 4.69) is 9.36 Å². The van der Waals surface area contributed by atoms with Crippen molar-refractivity contribution in [2.45, 2.75) is 6.92 Å². The summed E-state index contributed by atoms with van der Waals surface area (Å²) in [6, 6.07) is 14.5. The Hall–Kier alpha value is -2.70. The number of rotatable bonds is 5. The highest BCUT2D eigenvalue weighted by molar-refractivity contribution is 7.07. The number of hydrogen-bond acceptors (Lipinski definition) is 6. The van der Waals surface area contributed by atoms with Gasteiger partial charge in [0.05, 0.1) is 17.7 Å². The normalized spacial score (nSPS) is 11.3. The molecule has 0 radical (unpaired) electrons. The maximum atomic E-state index is 12.0. The molecule has 3 rings (SSSR count). The lowest BCUT2D eigenvalue weighted by Gasteiger charge is -2.10. The molecule has 1 aromatic heterocycles. The van der Waals surface area contributed by atoms with Crippen molar-refractivity contribution in [1.29, 1.82) is 0 Å². The Balaban J connectivity index is 1.92. The number of halogens is 1. The summed E-state index contributed by atoms with van der Waals surface area (Å²) in [5.41, 5.74) is 1.77. The Morgan fingerprint density at radius 2 is 1.88 bits per heavy atom. The van der Waals surface area contributed by atoms with E-state index in [0.717, 1.165) is 17.1 Å². The van der Waals surface area contributed by atoms with Gasteiger partial charge in [-0.25, -0.2) is 4.79 Å². The molecule has 0 unspecified atom stereocenters. The summed E-state index contributed by atoms with van der Waals surface area (Å²) in [5.74, 6) is 0.553. The third-order valence-electron chi connectivity index (χ3n) is 3.59. The monoisotopic (exact) mass is 386 g/mol. The van der Waals surface area contributed by atoms with Gasteiger partial charge in [-0.15, -0.1) is 0 Å². The standard InChI is InChI=1S/C19H15ClN2O3S/c1-3-12(18(23)24-2)13-8-5-7-11-16(13)25-19-21-17(22-26-19)14-9-4-6-10-15(14)20/h3-11H,1-2H3. The molecular formula is C19H15ClN2O3S. The second-order valence-corrected chi connectivity index (χ2v) is 6.28. The molecule has 0 aliphatic heterocycles. The lowest BCUT2D eigenvalue weighted by Crippen LogP contribution is -2.04. The van der Waals surface area contributed by atoms with Crippen LogP contribution in [-0.4, -0.2) is 22.4 Å². The summed E-state index contributed by atoms with van der Waals surface area (Å²) < 4.78 is 15.0. The van der Waals surface area contributed by atoms with E-state index in [-0.39, 0.29) is 0 Å². The van der Waals surface area contributed by atoms with Crippen molar-refractivity contribution in [2.75, 3.05) is 7.11 Å². The van der Waals surface area contributed by atoms with Crippen LogP contribution in [0.5, 0.6) is 10.9 Å². The van der Waals surface area contributed by atoms with Crippen LogP contribution in [0, 0.1) is 0 Å². The molecule has 132 valence electrons. The number of allylic oxidation sites excluding steroid dienone is 1. The highest BCUT2D eigenvalue weighted by Crippen LogP contribution is 2.34. The first kappa shape index (κ1) is 18.1. The van der Waals surface area contributed by atoms with Crippen molar-refractivity contribution < 1.29 is 14.3 Å². The molecule has 0 saturated heterocycles. The molecule has 26 heavy (non-hydrogen) atoms. The van der Waals surface area contributed by atoms with Gasteiger partial charge in [-0.1, -0.05) is 48.0 Å². The van der Waals surface area contributed by atoms with Crippen LogP contribution in [0.1, 0.15) is 12.5 Å². The Labute approximate surface area is 160 Å². The van der Waals surface area contributed by atoms with E-state index in [1.165, 1.54) is 7.11 Å². The molecule has 5 nitrogen and oxygen atoms in total. The minimum absolute atomic E-state index is 0.354. The van der Waals surface area contributed by atoms with Crippen LogP contribution in [0.3, 0.4) is 0 Å². The van der Waals surface area contributed by atoms with Crippen LogP contribution in [0.2, 0.25) is 5.02 Å². The van der Waals surface area contributed by atoms with Crippen molar-refractivity contribution in [2.24, 2.45) is 0 Å². The van der Waals surface area contributed by atoms with E-state index in [1.807, 2.05) is 30.3 Å². The number of para-hydroxylation sites is 1. The summed E-state index contributed by atoms with van der Waals surface area (Å²) in [6.07, 6.45) is 1.68. The third-order valence-corrected chi connectivity index (χ3v) is 4.52. The van der Waals surface area contributed by atoms with E-state index in [9.17, 15) is 4.79 Å². The molecule has 2 aromatic carbocycles. The molecule has 0 saturated carbocycles. The quantitative estimate of drug-likeness (QED) is 0.444. The molecule has 0 bridgehead atoms. The summed E-state index contributed by atoms with van der Waals surface area (Å²) in [5, 5.41) is 0.923. The molecule has 0 atom stereocenters. The number of hydrogen-bond donors (Lipinski definition) is 0. The van der Waals surface area contributed by atoms with Gasteiger partial charge in [0, 0.05) is 22.7 Å². The summed E-state index contributed by atoms with van der Waals surface area (Å²) in [7, 11) is 1.34. The molecule has 3 aromatic rings. The van der Waals surface area contributed by atoms with Gasteiger partial charge < -0.3 is 9.47 Å². The van der Waals surface area contributed by atoms with Crippen molar-refractivity contribution in [3.05, 3.63) is 65.2 Å². The fourth-order valence-electron chi connectivity index (χ4n) is 2.37. The minimum Gasteiger partial charge on any atom is -0.465 e. The number of nitrogens with zero attached hydrogens (tertiary/aromatic N) is 2. The van der Waals surface area contributed by atoms with Crippen molar-refractivity contribution >= 4 is 34.7 Å². The second kappa shape index (κ2) is 8.12. The fraction of sp³-hybridized carbons (Fsp3) is 0.105. The van der Waals surface area contributed by atoms with Crippen LogP contribution in [-0.2, 0) is 9.53 Å². The van der Waals surface area contributed by atoms with Gasteiger partial charge in [-0.2, -0.15) is 9.36 Å². The average molecular weight is 387 g/mol. The number of methoxy groups -OCH3 is 1. The van der Waals surface area contributed by atoms with Gasteiger partial charge >= 0.3 is 5.97 Å². The SMILES string of the molecule is CC=C(C(=O)OC)c1ccccc1Oc1nc(-c2ccccc2Cl)ns1. The number of carbonyl (C=O) groups is 1. The molecule has 1 heterocycles. The minimum atomic E-state index is -0.433. The van der Waals surface area contributed by atoms with Crippen molar-refractivity contribution in [1.82, 2.24) is 9.36 Å². The van der Waals surface area contributed by atoms with Crippen LogP contribution in [0.4, 0.5) is 0 Å². The summed E-state index contributed by atoms with van der Waals surface area (Å²) in [4.78, 5) is 16.4. The Morgan fingerprint density at radius 3 is 2.62 bits per heavy atom. The second-order valence-electron chi connectivity index (χ2n) is 5.16. The van der Waals surface area contributed by atoms with E-state index < -0.39 is 5.97 Å². The van der Waals surface area contributed by atoms with Crippen molar-refractivity contribution in [3.8, 4) is 22.3 Å². The fourth-order valence-corrected chi connectivity index (χ4v) is 3.15. The van der Waals surface area contributed by atoms with Gasteiger partial charge in [0.15, 0.2) is 5.82 Å². The van der Waals surface area contributed by atoms with Gasteiger partial charge in [0.1, 0.15) is 5.75 Å². The highest BCUT2D eigenvalue weighted by atomic mass is 35.5. The van der Waals surface area contributed by atoms with Gasteiger partial charge in [-0.05, 0) is 25.1 Å². The van der Waals surface area contributed by atoms with E-state index in [0.29, 0.717) is 32.9 Å². The first-order chi connectivity index (χ1) is 12.6. The molecule has 0 aliphatic rings. The predicted octanol–water partition coefficient (Wildman–Crippen LogP) is 5.23. The molecule has 0 N–H and O–H groups in total. The van der Waals surface area contributed by atoms with Gasteiger partial charge in [-0.3, -0.25) is 0 Å². The molecule has 0 spiro atoms. The van der Waals surface area contributed by atoms with Gasteiger partial charge in [0.2, 0.25) is 0 Å². The lowest BCUT2D eigenvalue weighted by atomic mass is 10.0. The Kier molecular flexibility index (Phi) is 5.65. The molecular weight excluding hydrogens is 372 g/mol. The molecule has 0 fully saturated rings. The first-order valence-corrected chi connectivity index (χ1v) is 8.89. The lowest BCUT2D eigenvalue weighted by molar-refractivity contribution is -0.133. The Bertz CT molecular complexity index is 969. The summed E-state index contributed by atoms with van der Waals surface area (Å²) in [6.45, 7) is 1.77. The third kappa shape index (κ3) is 3.76. The van der Waals surface area contributed by atoms with Crippen LogP contribution in [0.25, 0.3) is 17.0 Å². The molecule has 7 heteroatoms. The predicted molar refractivity (Wildman–Crippen MR) is 103 cm³/mol. The van der Waals surface area contributed by atoms with Gasteiger partial charge in [0.25, 0.3) is 5.19 Å². The zero-order valence-electron chi connectivity index (χ0n) is 14.1. The maximum absolute atomic E-state index is 12.0. The topological polar surface area (TPSA) is 61.3 Å². The number of aromatic nitrogens is 2. The van der Waals surface area contributed by atoms with Crippen LogP contribution in [0.15, 0.2) is 54.6 Å². The van der Waals surface area contributed by atoms with Crippen LogP contribution < -0.4 is 4.74 Å². The maximum Gasteiger partial charge on any atom is 0.338 e. The first-order valence-electron chi connectivity index (χ1n) is 7.74. The highest BCUT2D eigenvalue weighted by Gasteiger charge is 2.18. The van der Waals surface area contributed by atoms with Crippen molar-refractivity contribution in [3.63, 3.8) is 0 Å². The Morgan fingerprint density at radius 1 is 1.15 bits per heavy atom. The van der Waals surface area contributed by atoms with E-state index >= 15 is 0 Å². The zero-order valence-corrected chi connectivity index (χ0v) is 15.7. The zero-order chi connectivity index (χ0) is 18.5. The van der Waals surface area contributed by atoms with E-state index in [1.54, 1.807) is 31.2 Å². The smallest absolute Gasteiger partial charge is 0.338 e. The molecule has 0 amide bonds. The molecule has 0 aliphatic carbocycles. The number of carbonyl (C=O) groups excluding carboxylic acids is 1. The van der Waals surface area contributed by atoms with E-state index in [4.69, 9.17) is 21.1 Å². The number of benzene rings is 2. The van der Waals surface area contributed by atoms with Crippen LogP contribution >= 0.6 is 23.1 Å². The number of ether oxygens (including phenoxy) is 2. The summed E-state index contributed by atoms with van der Waals surface area (Å²) >= 11 is 7.30. The largest absolute Gasteiger partial charge is 0.465 e.